The highest BCUT2D eigenvalue weighted by molar-refractivity contribution is 5.87. The summed E-state index contributed by atoms with van der Waals surface area (Å²) in [5.74, 6) is 0.368. The second-order valence-corrected chi connectivity index (χ2v) is 6.41. The fourth-order valence-corrected chi connectivity index (χ4v) is 4.11. The molecule has 1 aliphatic carbocycles. The summed E-state index contributed by atoms with van der Waals surface area (Å²) < 4.78 is 0. The number of carbonyl (C=O) groups is 1. The van der Waals surface area contributed by atoms with Gasteiger partial charge in [-0.15, -0.1) is 0 Å². The largest absolute Gasteiger partial charge is 0.368 e. The smallest absolute Gasteiger partial charge is 0.234 e. The topological polar surface area (TPSA) is 70.9 Å². The Morgan fingerprint density at radius 1 is 1.19 bits per heavy atom. The summed E-state index contributed by atoms with van der Waals surface area (Å²) in [5.41, 5.74) is 9.31. The molecule has 2 aliphatic rings. The van der Waals surface area contributed by atoms with Gasteiger partial charge in [0.25, 0.3) is 0 Å². The average molecular weight is 283 g/mol. The third-order valence-electron chi connectivity index (χ3n) is 5.16. The number of aromatic nitrogens is 1. The quantitative estimate of drug-likeness (QED) is 0.792. The Balaban J connectivity index is 1.83. The van der Waals surface area contributed by atoms with Gasteiger partial charge < -0.3 is 10.7 Å². The Morgan fingerprint density at radius 2 is 1.95 bits per heavy atom. The highest BCUT2D eigenvalue weighted by Crippen LogP contribution is 2.41. The van der Waals surface area contributed by atoms with Gasteiger partial charge in [-0.25, -0.2) is 0 Å². The summed E-state index contributed by atoms with van der Waals surface area (Å²) in [6, 6.07) is 8.35. The third kappa shape index (κ3) is 2.05. The fourth-order valence-electron chi connectivity index (χ4n) is 4.11. The number of hydrogen-bond acceptors (Lipinski definition) is 2. The van der Waals surface area contributed by atoms with Gasteiger partial charge in [0.05, 0.1) is 12.1 Å². The van der Waals surface area contributed by atoms with Crippen molar-refractivity contribution in [2.75, 3.05) is 0 Å². The molecular weight excluding hydrogens is 262 g/mol. The molecule has 0 bridgehead atoms. The summed E-state index contributed by atoms with van der Waals surface area (Å²) in [7, 11) is 0. The van der Waals surface area contributed by atoms with E-state index in [4.69, 9.17) is 5.73 Å². The van der Waals surface area contributed by atoms with Crippen molar-refractivity contribution >= 4 is 16.8 Å². The molecule has 0 saturated heterocycles. The number of fused-ring (bicyclic) bond motifs is 3. The number of primary amides is 1. The van der Waals surface area contributed by atoms with Crippen molar-refractivity contribution in [3.63, 3.8) is 0 Å². The Kier molecular flexibility index (Phi) is 3.00. The molecule has 2 aromatic rings. The van der Waals surface area contributed by atoms with E-state index in [0.717, 1.165) is 5.52 Å². The standard InChI is InChI=1S/C17H21N3O/c18-17(21)14-9-12-11-7-3-4-8-13(11)19-16(12)15(20-14)10-5-1-2-6-10/h3-4,7-8,10,14-15,19-20H,1-2,5-6,9H2,(H2,18,21). The van der Waals surface area contributed by atoms with Gasteiger partial charge in [0.1, 0.15) is 0 Å². The molecule has 1 saturated carbocycles. The maximum absolute atomic E-state index is 11.7. The summed E-state index contributed by atoms with van der Waals surface area (Å²) in [6.45, 7) is 0. The van der Waals surface area contributed by atoms with Gasteiger partial charge in [-0.05, 0) is 36.8 Å². The predicted octanol–water partition coefficient (Wildman–Crippen LogP) is 2.40. The number of benzene rings is 1. The summed E-state index contributed by atoms with van der Waals surface area (Å²) in [5, 5.41) is 4.75. The number of rotatable bonds is 2. The molecule has 4 rings (SSSR count). The van der Waals surface area contributed by atoms with Crippen LogP contribution < -0.4 is 11.1 Å². The van der Waals surface area contributed by atoms with E-state index in [1.807, 2.05) is 6.07 Å². The summed E-state index contributed by atoms with van der Waals surface area (Å²) in [6.07, 6.45) is 5.74. The lowest BCUT2D eigenvalue weighted by Gasteiger charge is -2.33. The first-order chi connectivity index (χ1) is 10.2. The number of nitrogens with one attached hydrogen (secondary N) is 2. The highest BCUT2D eigenvalue weighted by atomic mass is 16.1. The second-order valence-electron chi connectivity index (χ2n) is 6.41. The molecule has 1 amide bonds. The first-order valence-electron chi connectivity index (χ1n) is 7.89. The van der Waals surface area contributed by atoms with E-state index < -0.39 is 0 Å². The Morgan fingerprint density at radius 3 is 2.71 bits per heavy atom. The van der Waals surface area contributed by atoms with E-state index in [1.54, 1.807) is 0 Å². The molecule has 2 unspecified atom stereocenters. The predicted molar refractivity (Wildman–Crippen MR) is 82.8 cm³/mol. The number of H-pyrrole nitrogens is 1. The number of carbonyl (C=O) groups excluding carboxylic acids is 1. The van der Waals surface area contributed by atoms with Crippen LogP contribution in [0.3, 0.4) is 0 Å². The van der Waals surface area contributed by atoms with Crippen LogP contribution in [0.15, 0.2) is 24.3 Å². The Labute approximate surface area is 124 Å². The van der Waals surface area contributed by atoms with Gasteiger partial charge >= 0.3 is 0 Å². The first kappa shape index (κ1) is 12.9. The maximum atomic E-state index is 11.7. The third-order valence-corrected chi connectivity index (χ3v) is 5.16. The second kappa shape index (κ2) is 4.88. The number of nitrogens with two attached hydrogens (primary N) is 1. The molecule has 2 heterocycles. The van der Waals surface area contributed by atoms with E-state index in [1.165, 1.54) is 42.3 Å². The van der Waals surface area contributed by atoms with Gasteiger partial charge in [0.15, 0.2) is 0 Å². The van der Waals surface area contributed by atoms with Crippen LogP contribution in [0.25, 0.3) is 10.9 Å². The Bertz CT molecular complexity index is 684. The lowest BCUT2D eigenvalue weighted by atomic mass is 9.86. The Hall–Kier alpha value is -1.81. The van der Waals surface area contributed by atoms with Gasteiger partial charge in [-0.2, -0.15) is 0 Å². The van der Waals surface area contributed by atoms with Crippen LogP contribution in [-0.2, 0) is 11.2 Å². The molecule has 21 heavy (non-hydrogen) atoms. The molecule has 4 N–H and O–H groups in total. The van der Waals surface area contributed by atoms with Crippen LogP contribution >= 0.6 is 0 Å². The molecular formula is C17H21N3O. The molecule has 1 aromatic carbocycles. The van der Waals surface area contributed by atoms with Crippen molar-refractivity contribution in [2.45, 2.75) is 44.2 Å². The van der Waals surface area contributed by atoms with Gasteiger partial charge in [0.2, 0.25) is 5.91 Å². The van der Waals surface area contributed by atoms with Crippen LogP contribution in [0.5, 0.6) is 0 Å². The lowest BCUT2D eigenvalue weighted by molar-refractivity contribution is -0.120. The summed E-state index contributed by atoms with van der Waals surface area (Å²) in [4.78, 5) is 15.3. The number of aromatic amines is 1. The molecule has 0 spiro atoms. The highest BCUT2D eigenvalue weighted by Gasteiger charge is 2.37. The molecule has 1 fully saturated rings. The number of amides is 1. The van der Waals surface area contributed by atoms with E-state index in [0.29, 0.717) is 12.3 Å². The SMILES string of the molecule is NC(=O)C1Cc2c([nH]c3ccccc23)C(C2CCCC2)N1. The van der Waals surface area contributed by atoms with Crippen molar-refractivity contribution in [2.24, 2.45) is 11.7 Å². The van der Waals surface area contributed by atoms with E-state index >= 15 is 0 Å². The maximum Gasteiger partial charge on any atom is 0.234 e. The zero-order valence-corrected chi connectivity index (χ0v) is 12.1. The van der Waals surface area contributed by atoms with E-state index in [2.05, 4.69) is 28.5 Å². The molecule has 4 nitrogen and oxygen atoms in total. The molecule has 110 valence electrons. The van der Waals surface area contributed by atoms with Gasteiger partial charge in [-0.3, -0.25) is 10.1 Å². The minimum Gasteiger partial charge on any atom is -0.368 e. The van der Waals surface area contributed by atoms with Crippen molar-refractivity contribution in [3.8, 4) is 0 Å². The van der Waals surface area contributed by atoms with Crippen LogP contribution in [0, 0.1) is 5.92 Å². The molecule has 1 aliphatic heterocycles. The lowest BCUT2D eigenvalue weighted by Crippen LogP contribution is -2.49. The molecule has 4 heteroatoms. The molecule has 2 atom stereocenters. The van der Waals surface area contributed by atoms with Gasteiger partial charge in [0, 0.05) is 16.6 Å². The van der Waals surface area contributed by atoms with E-state index in [9.17, 15) is 4.79 Å². The molecule has 0 radical (unpaired) electrons. The zero-order chi connectivity index (χ0) is 14.4. The van der Waals surface area contributed by atoms with Crippen molar-refractivity contribution in [1.82, 2.24) is 10.3 Å². The molecule has 1 aromatic heterocycles. The monoisotopic (exact) mass is 283 g/mol. The normalized spacial score (nSPS) is 26.1. The average Bonchev–Trinajstić information content (AvgIpc) is 3.13. The van der Waals surface area contributed by atoms with Crippen LogP contribution in [-0.4, -0.2) is 16.9 Å². The number of hydrogen-bond donors (Lipinski definition) is 3. The first-order valence-corrected chi connectivity index (χ1v) is 7.89. The van der Waals surface area contributed by atoms with Crippen LogP contribution in [0.1, 0.15) is 43.0 Å². The van der Waals surface area contributed by atoms with E-state index in [-0.39, 0.29) is 18.0 Å². The fraction of sp³-hybridized carbons (Fsp3) is 0.471. The van der Waals surface area contributed by atoms with Gasteiger partial charge in [-0.1, -0.05) is 31.0 Å². The van der Waals surface area contributed by atoms with Crippen LogP contribution in [0.2, 0.25) is 0 Å². The summed E-state index contributed by atoms with van der Waals surface area (Å²) >= 11 is 0. The minimum absolute atomic E-state index is 0.237. The van der Waals surface area contributed by atoms with Crippen molar-refractivity contribution in [1.29, 1.82) is 0 Å². The van der Waals surface area contributed by atoms with Crippen molar-refractivity contribution < 1.29 is 4.79 Å². The van der Waals surface area contributed by atoms with Crippen LogP contribution in [0.4, 0.5) is 0 Å². The minimum atomic E-state index is -0.248. The zero-order valence-electron chi connectivity index (χ0n) is 12.1. The number of para-hydroxylation sites is 1. The van der Waals surface area contributed by atoms with Crippen molar-refractivity contribution in [3.05, 3.63) is 35.5 Å².